The van der Waals surface area contributed by atoms with Gasteiger partial charge in [-0.15, -0.1) is 0 Å². The number of benzene rings is 1. The Labute approximate surface area is 108 Å². The number of hydrogen-bond acceptors (Lipinski definition) is 3. The summed E-state index contributed by atoms with van der Waals surface area (Å²) in [5.74, 6) is -0.334. The van der Waals surface area contributed by atoms with Crippen molar-refractivity contribution in [3.8, 4) is 0 Å². The number of ether oxygens (including phenoxy) is 2. The van der Waals surface area contributed by atoms with Gasteiger partial charge in [-0.1, -0.05) is 29.8 Å². The Hall–Kier alpha value is -0.900. The van der Waals surface area contributed by atoms with Crippen molar-refractivity contribution in [2.24, 2.45) is 0 Å². The fourth-order valence-electron chi connectivity index (χ4n) is 2.84. The first kappa shape index (κ1) is 12.2. The van der Waals surface area contributed by atoms with E-state index < -0.39 is 0 Å². The molecule has 1 atom stereocenters. The number of piperidine rings is 1. The monoisotopic (exact) mass is 247 g/mol. The summed E-state index contributed by atoms with van der Waals surface area (Å²) in [6.07, 6.45) is 2.88. The van der Waals surface area contributed by atoms with Gasteiger partial charge < -0.3 is 14.8 Å². The average Bonchev–Trinajstić information content (AvgIpc) is 2.40. The molecule has 2 fully saturated rings. The molecule has 0 amide bonds. The Morgan fingerprint density at radius 1 is 1.17 bits per heavy atom. The first-order valence-corrected chi connectivity index (χ1v) is 6.85. The highest BCUT2D eigenvalue weighted by atomic mass is 16.7. The molecule has 3 nitrogen and oxygen atoms in total. The third-order valence-electron chi connectivity index (χ3n) is 3.91. The number of rotatable bonds is 1. The van der Waals surface area contributed by atoms with Crippen molar-refractivity contribution >= 4 is 0 Å². The Kier molecular flexibility index (Phi) is 3.37. The predicted octanol–water partition coefficient (Wildman–Crippen LogP) is 2.55. The van der Waals surface area contributed by atoms with Crippen molar-refractivity contribution < 1.29 is 9.47 Å². The normalized spacial score (nSPS) is 27.3. The molecule has 3 heteroatoms. The van der Waals surface area contributed by atoms with Crippen molar-refractivity contribution in [1.82, 2.24) is 5.32 Å². The quantitative estimate of drug-likeness (QED) is 0.827. The summed E-state index contributed by atoms with van der Waals surface area (Å²) in [5, 5.41) is 3.57. The third-order valence-corrected chi connectivity index (χ3v) is 3.91. The maximum absolute atomic E-state index is 5.92. The van der Waals surface area contributed by atoms with Gasteiger partial charge in [0.25, 0.3) is 0 Å². The summed E-state index contributed by atoms with van der Waals surface area (Å²) in [6.45, 7) is 4.74. The molecule has 1 aromatic rings. The van der Waals surface area contributed by atoms with Crippen LogP contribution in [0.5, 0.6) is 0 Å². The predicted molar refractivity (Wildman–Crippen MR) is 70.4 cm³/mol. The Morgan fingerprint density at radius 2 is 1.89 bits per heavy atom. The van der Waals surface area contributed by atoms with Gasteiger partial charge >= 0.3 is 0 Å². The minimum absolute atomic E-state index is 0.334. The molecule has 0 saturated carbocycles. The topological polar surface area (TPSA) is 30.5 Å². The Balaban J connectivity index is 1.75. The molecule has 1 unspecified atom stereocenters. The molecule has 1 spiro atoms. The maximum Gasteiger partial charge on any atom is 0.171 e. The van der Waals surface area contributed by atoms with Crippen LogP contribution in [-0.4, -0.2) is 25.5 Å². The van der Waals surface area contributed by atoms with Gasteiger partial charge in [-0.05, 0) is 18.9 Å². The average molecular weight is 247 g/mol. The highest BCUT2D eigenvalue weighted by Gasteiger charge is 2.40. The maximum atomic E-state index is 5.92. The molecule has 0 radical (unpaired) electrons. The van der Waals surface area contributed by atoms with Gasteiger partial charge in [0.1, 0.15) is 0 Å². The fraction of sp³-hybridized carbons (Fsp3) is 0.600. The van der Waals surface area contributed by atoms with E-state index in [2.05, 4.69) is 36.5 Å². The van der Waals surface area contributed by atoms with Crippen molar-refractivity contribution in [2.45, 2.75) is 38.0 Å². The lowest BCUT2D eigenvalue weighted by Crippen LogP contribution is -2.49. The lowest BCUT2D eigenvalue weighted by molar-refractivity contribution is -0.281. The molecular weight excluding hydrogens is 226 g/mol. The molecule has 2 aliphatic rings. The Bertz CT molecular complexity index is 390. The van der Waals surface area contributed by atoms with Crippen molar-refractivity contribution in [1.29, 1.82) is 0 Å². The van der Waals surface area contributed by atoms with Crippen LogP contribution in [0.2, 0.25) is 0 Å². The van der Waals surface area contributed by atoms with Gasteiger partial charge in [0.05, 0.1) is 13.2 Å². The minimum atomic E-state index is -0.334. The Morgan fingerprint density at radius 3 is 2.61 bits per heavy atom. The van der Waals surface area contributed by atoms with Crippen LogP contribution < -0.4 is 5.32 Å². The molecule has 2 aliphatic heterocycles. The molecule has 2 saturated heterocycles. The zero-order valence-corrected chi connectivity index (χ0v) is 10.9. The second-order valence-electron chi connectivity index (χ2n) is 5.33. The molecule has 3 rings (SSSR count). The molecule has 1 N–H and O–H groups in total. The summed E-state index contributed by atoms with van der Waals surface area (Å²) in [5.41, 5.74) is 2.63. The van der Waals surface area contributed by atoms with Crippen LogP contribution in [0.15, 0.2) is 24.3 Å². The van der Waals surface area contributed by atoms with Gasteiger partial charge in [0.2, 0.25) is 0 Å². The van der Waals surface area contributed by atoms with E-state index >= 15 is 0 Å². The van der Waals surface area contributed by atoms with Gasteiger partial charge in [0.15, 0.2) is 5.79 Å². The second kappa shape index (κ2) is 5.00. The molecular formula is C15H21NO2. The molecule has 2 heterocycles. The van der Waals surface area contributed by atoms with E-state index in [-0.39, 0.29) is 5.79 Å². The van der Waals surface area contributed by atoms with Crippen LogP contribution in [0.25, 0.3) is 0 Å². The van der Waals surface area contributed by atoms with Crippen molar-refractivity contribution in [3.05, 3.63) is 35.4 Å². The molecule has 0 aliphatic carbocycles. The van der Waals surface area contributed by atoms with Crippen LogP contribution in [-0.2, 0) is 9.47 Å². The largest absolute Gasteiger partial charge is 0.350 e. The third kappa shape index (κ3) is 2.44. The molecule has 0 aromatic heterocycles. The van der Waals surface area contributed by atoms with E-state index in [1.165, 1.54) is 11.1 Å². The lowest BCUT2D eigenvalue weighted by Gasteiger charge is -2.43. The summed E-state index contributed by atoms with van der Waals surface area (Å²) in [6, 6.07) is 9.09. The van der Waals surface area contributed by atoms with E-state index in [1.807, 2.05) is 0 Å². The molecule has 18 heavy (non-hydrogen) atoms. The standard InChI is InChI=1S/C15H21NO2/c1-12-3-5-13(6-4-12)14-11-15(7-8-16-14)17-9-2-10-18-15/h3-6,14,16H,2,7-11H2,1H3. The zero-order chi connectivity index (χ0) is 12.4. The summed E-state index contributed by atoms with van der Waals surface area (Å²) >= 11 is 0. The number of aryl methyl sites for hydroxylation is 1. The lowest BCUT2D eigenvalue weighted by atomic mass is 9.92. The SMILES string of the molecule is Cc1ccc(C2CC3(CCN2)OCCCO3)cc1. The van der Waals surface area contributed by atoms with E-state index in [9.17, 15) is 0 Å². The zero-order valence-electron chi connectivity index (χ0n) is 10.9. The van der Waals surface area contributed by atoms with Crippen LogP contribution in [0.1, 0.15) is 36.4 Å². The van der Waals surface area contributed by atoms with Gasteiger partial charge in [0, 0.05) is 25.4 Å². The van der Waals surface area contributed by atoms with Gasteiger partial charge in [-0.3, -0.25) is 0 Å². The number of hydrogen-bond donors (Lipinski definition) is 1. The molecule has 0 bridgehead atoms. The number of nitrogens with one attached hydrogen (secondary N) is 1. The minimum Gasteiger partial charge on any atom is -0.350 e. The smallest absolute Gasteiger partial charge is 0.171 e. The first-order valence-electron chi connectivity index (χ1n) is 6.85. The second-order valence-corrected chi connectivity index (χ2v) is 5.33. The summed E-state index contributed by atoms with van der Waals surface area (Å²) in [4.78, 5) is 0. The van der Waals surface area contributed by atoms with Gasteiger partial charge in [-0.25, -0.2) is 0 Å². The van der Waals surface area contributed by atoms with E-state index in [0.717, 1.165) is 39.0 Å². The molecule has 98 valence electrons. The van der Waals surface area contributed by atoms with E-state index in [1.54, 1.807) is 0 Å². The highest BCUT2D eigenvalue weighted by molar-refractivity contribution is 5.24. The highest BCUT2D eigenvalue weighted by Crippen LogP contribution is 2.36. The van der Waals surface area contributed by atoms with Crippen LogP contribution in [0.4, 0.5) is 0 Å². The van der Waals surface area contributed by atoms with E-state index in [4.69, 9.17) is 9.47 Å². The molecule has 1 aromatic carbocycles. The van der Waals surface area contributed by atoms with Gasteiger partial charge in [-0.2, -0.15) is 0 Å². The van der Waals surface area contributed by atoms with Crippen molar-refractivity contribution in [2.75, 3.05) is 19.8 Å². The van der Waals surface area contributed by atoms with Crippen LogP contribution >= 0.6 is 0 Å². The van der Waals surface area contributed by atoms with E-state index in [0.29, 0.717) is 6.04 Å². The van der Waals surface area contributed by atoms with Crippen LogP contribution in [0.3, 0.4) is 0 Å². The fourth-order valence-corrected chi connectivity index (χ4v) is 2.84. The summed E-state index contributed by atoms with van der Waals surface area (Å²) in [7, 11) is 0. The van der Waals surface area contributed by atoms with Crippen LogP contribution in [0, 0.1) is 6.92 Å². The first-order chi connectivity index (χ1) is 8.77. The van der Waals surface area contributed by atoms with Crippen molar-refractivity contribution in [3.63, 3.8) is 0 Å². The summed E-state index contributed by atoms with van der Waals surface area (Å²) < 4.78 is 11.8.